The molecule has 7 rings (SSSR count). The maximum absolute atomic E-state index is 14.2. The molecule has 1 fully saturated rings. The molecule has 3 aromatic heterocycles. The van der Waals surface area contributed by atoms with Crippen LogP contribution in [0.25, 0.3) is 34.1 Å². The molecule has 1 aliphatic carbocycles. The molecule has 5 aromatic rings. The van der Waals surface area contributed by atoms with E-state index in [0.717, 1.165) is 44.5 Å². The highest BCUT2D eigenvalue weighted by Gasteiger charge is 2.29. The van der Waals surface area contributed by atoms with Crippen molar-refractivity contribution in [1.29, 1.82) is 0 Å². The Kier molecular flexibility index (Phi) is 7.06. The first-order chi connectivity index (χ1) is 21.0. The second kappa shape index (κ2) is 11.2. The minimum absolute atomic E-state index is 0.00834. The summed E-state index contributed by atoms with van der Waals surface area (Å²) in [4.78, 5) is 23.5. The smallest absolute Gasteiger partial charge is 0.264 e. The van der Waals surface area contributed by atoms with Crippen molar-refractivity contribution in [2.24, 2.45) is 0 Å². The van der Waals surface area contributed by atoms with E-state index in [9.17, 15) is 13.6 Å². The Morgan fingerprint density at radius 2 is 1.86 bits per heavy atom. The van der Waals surface area contributed by atoms with Crippen LogP contribution in [0.1, 0.15) is 48.4 Å². The van der Waals surface area contributed by atoms with Crippen LogP contribution in [0, 0.1) is 0 Å². The average Bonchev–Trinajstić information content (AvgIpc) is 3.80. The molecule has 0 bridgehead atoms. The van der Waals surface area contributed by atoms with Crippen LogP contribution in [0.2, 0.25) is 0 Å². The summed E-state index contributed by atoms with van der Waals surface area (Å²) < 4.78 is 31.9. The Bertz CT molecular complexity index is 1810. The lowest BCUT2D eigenvalue weighted by Gasteiger charge is -2.33. The second-order valence-electron chi connectivity index (χ2n) is 11.1. The first kappa shape index (κ1) is 27.2. The maximum atomic E-state index is 14.2. The summed E-state index contributed by atoms with van der Waals surface area (Å²) >= 11 is 0. The fraction of sp³-hybridized carbons (Fsp3) is 0.273. The number of aryl methyl sites for hydroxylation is 1. The number of aromatic nitrogens is 5. The molecule has 1 atom stereocenters. The van der Waals surface area contributed by atoms with Crippen LogP contribution in [0.3, 0.4) is 0 Å². The van der Waals surface area contributed by atoms with E-state index in [2.05, 4.69) is 29.1 Å². The van der Waals surface area contributed by atoms with Crippen LogP contribution in [0.15, 0.2) is 85.7 Å². The van der Waals surface area contributed by atoms with E-state index in [1.165, 1.54) is 23.3 Å². The topological polar surface area (TPSA) is 80.9 Å². The Morgan fingerprint density at radius 1 is 1.02 bits per heavy atom. The fourth-order valence-corrected chi connectivity index (χ4v) is 6.39. The Balaban J connectivity index is 1.26. The van der Waals surface area contributed by atoms with Gasteiger partial charge in [0, 0.05) is 54.4 Å². The molecule has 43 heavy (non-hydrogen) atoms. The molecule has 1 saturated heterocycles. The number of amides is 1. The van der Waals surface area contributed by atoms with Crippen molar-refractivity contribution in [1.82, 2.24) is 34.5 Å². The molecule has 218 valence electrons. The van der Waals surface area contributed by atoms with E-state index in [1.54, 1.807) is 29.1 Å². The van der Waals surface area contributed by atoms with Gasteiger partial charge in [0.25, 0.3) is 6.43 Å². The summed E-state index contributed by atoms with van der Waals surface area (Å²) in [6.45, 7) is 5.06. The third-order valence-electron chi connectivity index (χ3n) is 8.55. The fourth-order valence-electron chi connectivity index (χ4n) is 6.39. The highest BCUT2D eigenvalue weighted by Crippen LogP contribution is 2.38. The van der Waals surface area contributed by atoms with Crippen LogP contribution in [0.5, 0.6) is 0 Å². The number of halogens is 2. The van der Waals surface area contributed by atoms with Gasteiger partial charge in [0.15, 0.2) is 11.5 Å². The number of imidazole rings is 1. The molecule has 2 aromatic carbocycles. The van der Waals surface area contributed by atoms with Crippen LogP contribution in [-0.2, 0) is 11.2 Å². The van der Waals surface area contributed by atoms with Crippen molar-refractivity contribution in [3.63, 3.8) is 0 Å². The van der Waals surface area contributed by atoms with E-state index in [4.69, 9.17) is 9.97 Å². The predicted octanol–water partition coefficient (Wildman–Crippen LogP) is 5.96. The third kappa shape index (κ3) is 5.01. The number of alkyl halides is 2. The van der Waals surface area contributed by atoms with E-state index in [1.807, 2.05) is 39.9 Å². The number of likely N-dealkylation sites (tertiary alicyclic amines) is 1. The molecular formula is C33H31F2N7O. The standard InChI is InChI=1S/C33H31F2N7O/c1-2-30(43)40-18-14-22(15-19-40)37-27-11-8-21-20-23(9-10-24(21)27)42-32(26-7-4-3-6-25(26)31(34)35)38-28-12-13-29(39-33(28)42)41-17-5-16-36-41/h2-7,9-10,12-13,16-17,20,22,27,31,37H,1,8,11,14-15,18-19H2. The number of hydrogen-bond donors (Lipinski definition) is 1. The number of carbonyl (C=O) groups is 1. The van der Waals surface area contributed by atoms with Crippen molar-refractivity contribution in [3.8, 4) is 22.9 Å². The monoisotopic (exact) mass is 579 g/mol. The van der Waals surface area contributed by atoms with Gasteiger partial charge in [-0.3, -0.25) is 9.36 Å². The SMILES string of the molecule is C=CC(=O)N1CCC(NC2CCc3cc(-n4c(-c5ccccc5C(F)F)nc5ccc(-n6cccn6)nc54)ccc32)CC1. The molecule has 0 saturated carbocycles. The number of pyridine rings is 1. The number of carbonyl (C=O) groups excluding carboxylic acids is 1. The van der Waals surface area contributed by atoms with Gasteiger partial charge in [0.2, 0.25) is 5.91 Å². The second-order valence-corrected chi connectivity index (χ2v) is 11.1. The van der Waals surface area contributed by atoms with Crippen molar-refractivity contribution >= 4 is 17.1 Å². The van der Waals surface area contributed by atoms with Gasteiger partial charge in [0.05, 0.1) is 0 Å². The Morgan fingerprint density at radius 3 is 2.63 bits per heavy atom. The minimum Gasteiger partial charge on any atom is -0.339 e. The van der Waals surface area contributed by atoms with Gasteiger partial charge >= 0.3 is 0 Å². The van der Waals surface area contributed by atoms with Gasteiger partial charge < -0.3 is 10.2 Å². The van der Waals surface area contributed by atoms with Gasteiger partial charge in [-0.05, 0) is 73.2 Å². The van der Waals surface area contributed by atoms with Crippen molar-refractivity contribution < 1.29 is 13.6 Å². The Labute approximate surface area is 247 Å². The van der Waals surface area contributed by atoms with E-state index in [0.29, 0.717) is 34.4 Å². The van der Waals surface area contributed by atoms with Crippen molar-refractivity contribution in [2.45, 2.75) is 44.2 Å². The quantitative estimate of drug-likeness (QED) is 0.241. The molecule has 1 N–H and O–H groups in total. The summed E-state index contributed by atoms with van der Waals surface area (Å²) in [5.41, 5.74) is 4.76. The van der Waals surface area contributed by atoms with Crippen LogP contribution < -0.4 is 5.32 Å². The summed E-state index contributed by atoms with van der Waals surface area (Å²) in [5.74, 6) is 1.02. The summed E-state index contributed by atoms with van der Waals surface area (Å²) in [6.07, 6.45) is 5.91. The molecule has 1 unspecified atom stereocenters. The molecule has 0 spiro atoms. The third-order valence-corrected chi connectivity index (χ3v) is 8.55. The predicted molar refractivity (Wildman–Crippen MR) is 160 cm³/mol. The van der Waals surface area contributed by atoms with Gasteiger partial charge in [0.1, 0.15) is 11.3 Å². The zero-order valence-corrected chi connectivity index (χ0v) is 23.5. The number of piperidine rings is 1. The zero-order valence-electron chi connectivity index (χ0n) is 23.5. The Hall–Kier alpha value is -4.70. The highest BCUT2D eigenvalue weighted by molar-refractivity contribution is 5.87. The van der Waals surface area contributed by atoms with Crippen LogP contribution in [-0.4, -0.2) is 54.3 Å². The molecule has 10 heteroatoms. The summed E-state index contributed by atoms with van der Waals surface area (Å²) in [7, 11) is 0. The number of nitrogens with zero attached hydrogens (tertiary/aromatic N) is 6. The molecule has 8 nitrogen and oxygen atoms in total. The molecule has 1 amide bonds. The van der Waals surface area contributed by atoms with Crippen LogP contribution >= 0.6 is 0 Å². The van der Waals surface area contributed by atoms with E-state index >= 15 is 0 Å². The lowest BCUT2D eigenvalue weighted by Crippen LogP contribution is -2.45. The lowest BCUT2D eigenvalue weighted by atomic mass is 10.0. The maximum Gasteiger partial charge on any atom is 0.264 e. The van der Waals surface area contributed by atoms with Crippen molar-refractivity contribution in [3.05, 3.63) is 102 Å². The first-order valence-corrected chi connectivity index (χ1v) is 14.6. The zero-order chi connectivity index (χ0) is 29.5. The molecular weight excluding hydrogens is 548 g/mol. The van der Waals surface area contributed by atoms with E-state index < -0.39 is 6.43 Å². The number of rotatable bonds is 7. The average molecular weight is 580 g/mol. The molecule has 4 heterocycles. The van der Waals surface area contributed by atoms with Gasteiger partial charge in [-0.25, -0.2) is 23.4 Å². The number of benzene rings is 2. The first-order valence-electron chi connectivity index (χ1n) is 14.6. The van der Waals surface area contributed by atoms with Gasteiger partial charge in [-0.2, -0.15) is 5.10 Å². The molecule has 2 aliphatic rings. The highest BCUT2D eigenvalue weighted by atomic mass is 19.3. The summed E-state index contributed by atoms with van der Waals surface area (Å²) in [6, 6.07) is 18.9. The normalized spacial score (nSPS) is 17.1. The van der Waals surface area contributed by atoms with E-state index in [-0.39, 0.29) is 17.5 Å². The molecule has 0 radical (unpaired) electrons. The van der Waals surface area contributed by atoms with Crippen LogP contribution in [0.4, 0.5) is 8.78 Å². The van der Waals surface area contributed by atoms with Gasteiger partial charge in [-0.1, -0.05) is 36.9 Å². The number of hydrogen-bond acceptors (Lipinski definition) is 5. The van der Waals surface area contributed by atoms with Gasteiger partial charge in [-0.15, -0.1) is 0 Å². The number of nitrogens with one attached hydrogen (secondary N) is 1. The summed E-state index contributed by atoms with van der Waals surface area (Å²) in [5, 5.41) is 8.14. The lowest BCUT2D eigenvalue weighted by molar-refractivity contribution is -0.127. The minimum atomic E-state index is -2.65. The largest absolute Gasteiger partial charge is 0.339 e. The number of fused-ring (bicyclic) bond motifs is 2. The van der Waals surface area contributed by atoms with Crippen molar-refractivity contribution in [2.75, 3.05) is 13.1 Å². The molecule has 1 aliphatic heterocycles.